The van der Waals surface area contributed by atoms with Crippen LogP contribution < -0.4 is 5.32 Å². The largest absolute Gasteiger partial charge is 0.373 e. The molecule has 1 aromatic carbocycles. The number of nitrogens with zero attached hydrogens (tertiary/aromatic N) is 6. The topological polar surface area (TPSA) is 81.6 Å². The second-order valence-corrected chi connectivity index (χ2v) is 7.79. The third kappa shape index (κ3) is 7.37. The molecule has 7 nitrogen and oxygen atoms in total. The van der Waals surface area contributed by atoms with Gasteiger partial charge in [0.05, 0.1) is 18.0 Å². The molecule has 0 aliphatic rings. The molecule has 0 saturated carbocycles. The van der Waals surface area contributed by atoms with E-state index in [2.05, 4.69) is 51.6 Å². The molecule has 182 valence electrons. The van der Waals surface area contributed by atoms with Crippen molar-refractivity contribution in [1.29, 1.82) is 5.26 Å². The number of nitrogens with one attached hydrogen (secondary N) is 1. The molecule has 0 fully saturated rings. The Bertz CT molecular complexity index is 1190. The number of allylic oxidation sites excluding steroid dienone is 5. The van der Waals surface area contributed by atoms with Crippen molar-refractivity contribution < 1.29 is 4.39 Å². The van der Waals surface area contributed by atoms with E-state index in [4.69, 9.17) is 0 Å². The fourth-order valence-electron chi connectivity index (χ4n) is 3.58. The number of halogens is 1. The smallest absolute Gasteiger partial charge is 0.143 e. The van der Waals surface area contributed by atoms with E-state index in [9.17, 15) is 9.65 Å². The zero-order valence-electron chi connectivity index (χ0n) is 20.7. The van der Waals surface area contributed by atoms with Crippen LogP contribution in [0.1, 0.15) is 36.1 Å². The molecule has 1 aromatic heterocycles. The lowest BCUT2D eigenvalue weighted by Crippen LogP contribution is -2.19. The van der Waals surface area contributed by atoms with Crippen molar-refractivity contribution >= 4 is 18.2 Å². The van der Waals surface area contributed by atoms with E-state index >= 15 is 0 Å². The highest BCUT2D eigenvalue weighted by atomic mass is 19.1. The molecule has 0 aliphatic carbocycles. The maximum absolute atomic E-state index is 13.8. The van der Waals surface area contributed by atoms with Crippen molar-refractivity contribution in [2.75, 3.05) is 19.0 Å². The summed E-state index contributed by atoms with van der Waals surface area (Å²) in [7, 11) is 3.74. The average molecular weight is 474 g/mol. The third-order valence-electron chi connectivity index (χ3n) is 5.42. The Morgan fingerprint density at radius 3 is 2.80 bits per heavy atom. The highest BCUT2D eigenvalue weighted by Gasteiger charge is 2.14. The maximum atomic E-state index is 13.8. The van der Waals surface area contributed by atoms with E-state index in [1.807, 2.05) is 37.5 Å². The standard InChI is InChI=1S/C27H32FN7/c1-7-9-21(13-15-34(5)26(8-2)22-10-11-24(28)20(3)16-22)25(12-14-30-4)31-19-32-27-23(17-29)18-33-35(27)6/h7,9-16,18,26,32H,1,4,8,19H2,2-3,5-6H3/b14-12-,15-13-,21-9+,31-25?. The molecule has 1 unspecified atom stereocenters. The van der Waals surface area contributed by atoms with Gasteiger partial charge in [-0.3, -0.25) is 14.7 Å². The SMILES string of the molecule is C=C/C=C(\C=C/N(C)C(CC)c1ccc(F)c(C)c1)C(/C=C\N=C)=NCNc1c(C#N)cnn1C. The van der Waals surface area contributed by atoms with Crippen molar-refractivity contribution in [2.45, 2.75) is 26.3 Å². The summed E-state index contributed by atoms with van der Waals surface area (Å²) < 4.78 is 15.3. The van der Waals surface area contributed by atoms with Crippen LogP contribution in [0.2, 0.25) is 0 Å². The van der Waals surface area contributed by atoms with Gasteiger partial charge in [-0.05, 0) is 55.6 Å². The first-order valence-electron chi connectivity index (χ1n) is 11.2. The van der Waals surface area contributed by atoms with E-state index < -0.39 is 0 Å². The molecular weight excluding hydrogens is 441 g/mol. The molecule has 0 bridgehead atoms. The maximum Gasteiger partial charge on any atom is 0.143 e. The highest BCUT2D eigenvalue weighted by molar-refractivity contribution is 6.10. The van der Waals surface area contributed by atoms with Gasteiger partial charge >= 0.3 is 0 Å². The van der Waals surface area contributed by atoms with Crippen molar-refractivity contribution in [3.8, 4) is 6.07 Å². The van der Waals surface area contributed by atoms with Crippen molar-refractivity contribution in [2.24, 2.45) is 17.0 Å². The summed E-state index contributed by atoms with van der Waals surface area (Å²) in [6.07, 6.45) is 13.1. The Morgan fingerprint density at radius 2 is 2.17 bits per heavy atom. The fourth-order valence-corrected chi connectivity index (χ4v) is 3.58. The molecule has 1 atom stereocenters. The van der Waals surface area contributed by atoms with Gasteiger partial charge in [0.1, 0.15) is 29.9 Å². The Morgan fingerprint density at radius 1 is 1.40 bits per heavy atom. The number of nitriles is 1. The van der Waals surface area contributed by atoms with Gasteiger partial charge in [0, 0.05) is 25.9 Å². The van der Waals surface area contributed by atoms with Crippen LogP contribution in [0.15, 0.2) is 83.2 Å². The normalized spacial score (nSPS) is 13.1. The number of rotatable bonds is 12. The molecule has 0 amide bonds. The first-order chi connectivity index (χ1) is 16.9. The van der Waals surface area contributed by atoms with E-state index in [1.165, 1.54) is 12.3 Å². The molecular formula is C27H32FN7. The summed E-state index contributed by atoms with van der Waals surface area (Å²) in [5, 5.41) is 16.5. The van der Waals surface area contributed by atoms with E-state index in [0.717, 1.165) is 17.6 Å². The fraction of sp³-hybridized carbons (Fsp3) is 0.259. The number of anilines is 1. The lowest BCUT2D eigenvalue weighted by atomic mass is 10.0. The highest BCUT2D eigenvalue weighted by Crippen LogP contribution is 2.25. The lowest BCUT2D eigenvalue weighted by molar-refractivity contribution is 0.327. The second-order valence-electron chi connectivity index (χ2n) is 7.79. The molecule has 0 spiro atoms. The summed E-state index contributed by atoms with van der Waals surface area (Å²) in [5.74, 6) is 0.384. The van der Waals surface area contributed by atoms with E-state index in [0.29, 0.717) is 22.7 Å². The van der Waals surface area contributed by atoms with Gasteiger partial charge in [-0.1, -0.05) is 37.8 Å². The third-order valence-corrected chi connectivity index (χ3v) is 5.42. The lowest BCUT2D eigenvalue weighted by Gasteiger charge is -2.27. The minimum absolute atomic E-state index is 0.0808. The minimum atomic E-state index is -0.205. The molecule has 0 radical (unpaired) electrons. The first-order valence-corrected chi connectivity index (χ1v) is 11.2. The van der Waals surface area contributed by atoms with Crippen LogP contribution >= 0.6 is 0 Å². The van der Waals surface area contributed by atoms with E-state index in [-0.39, 0.29) is 18.5 Å². The molecule has 2 aromatic rings. The molecule has 0 aliphatic heterocycles. The Kier molecular flexibility index (Phi) is 10.4. The number of hydrogen-bond acceptors (Lipinski definition) is 6. The zero-order valence-corrected chi connectivity index (χ0v) is 20.7. The molecule has 1 N–H and O–H groups in total. The summed E-state index contributed by atoms with van der Waals surface area (Å²) >= 11 is 0. The van der Waals surface area contributed by atoms with Gasteiger partial charge in [-0.15, -0.1) is 0 Å². The van der Waals surface area contributed by atoms with Gasteiger partial charge < -0.3 is 10.2 Å². The van der Waals surface area contributed by atoms with Gasteiger partial charge in [0.2, 0.25) is 0 Å². The van der Waals surface area contributed by atoms with Crippen LogP contribution in [-0.2, 0) is 7.05 Å². The van der Waals surface area contributed by atoms with Crippen LogP contribution in [-0.4, -0.2) is 40.8 Å². The number of hydrogen-bond donors (Lipinski definition) is 1. The van der Waals surface area contributed by atoms with Gasteiger partial charge in [0.25, 0.3) is 0 Å². The van der Waals surface area contributed by atoms with Crippen LogP contribution in [0, 0.1) is 24.1 Å². The van der Waals surface area contributed by atoms with Gasteiger partial charge in [-0.25, -0.2) is 4.39 Å². The molecule has 2 rings (SSSR count). The predicted molar refractivity (Wildman–Crippen MR) is 142 cm³/mol. The molecule has 0 saturated heterocycles. The summed E-state index contributed by atoms with van der Waals surface area (Å²) in [6, 6.07) is 7.41. The number of aliphatic imine (C=N–C) groups is 2. The monoisotopic (exact) mass is 473 g/mol. The van der Waals surface area contributed by atoms with Crippen LogP contribution in [0.25, 0.3) is 0 Å². The average Bonchev–Trinajstić information content (AvgIpc) is 3.21. The summed E-state index contributed by atoms with van der Waals surface area (Å²) in [4.78, 5) is 10.5. The Balaban J connectivity index is 2.29. The van der Waals surface area contributed by atoms with E-state index in [1.54, 1.807) is 37.0 Å². The van der Waals surface area contributed by atoms with Crippen LogP contribution in [0.3, 0.4) is 0 Å². The quantitative estimate of drug-likeness (QED) is 0.327. The van der Waals surface area contributed by atoms with Crippen molar-refractivity contribution in [3.63, 3.8) is 0 Å². The summed E-state index contributed by atoms with van der Waals surface area (Å²) in [6.45, 7) is 11.4. The summed E-state index contributed by atoms with van der Waals surface area (Å²) in [5.41, 5.74) is 3.58. The Hall–Kier alpha value is -4.25. The van der Waals surface area contributed by atoms with Crippen LogP contribution in [0.5, 0.6) is 0 Å². The second kappa shape index (κ2) is 13.5. The molecule has 35 heavy (non-hydrogen) atoms. The van der Waals surface area contributed by atoms with Crippen molar-refractivity contribution in [3.05, 3.63) is 95.8 Å². The minimum Gasteiger partial charge on any atom is -0.373 e. The zero-order chi connectivity index (χ0) is 25.8. The molecule has 8 heteroatoms. The van der Waals surface area contributed by atoms with Crippen LogP contribution in [0.4, 0.5) is 10.2 Å². The van der Waals surface area contributed by atoms with Gasteiger partial charge in [0.15, 0.2) is 0 Å². The van der Waals surface area contributed by atoms with Crippen molar-refractivity contribution in [1.82, 2.24) is 14.7 Å². The Labute approximate surface area is 207 Å². The molecule has 1 heterocycles. The van der Waals surface area contributed by atoms with Gasteiger partial charge in [-0.2, -0.15) is 10.4 Å². The predicted octanol–water partition coefficient (Wildman–Crippen LogP) is 5.47. The number of aromatic nitrogens is 2. The first kappa shape index (κ1) is 27.0. The number of benzene rings is 1. The number of aryl methyl sites for hydroxylation is 2.